The predicted octanol–water partition coefficient (Wildman–Crippen LogP) is 4.86. The number of rotatable bonds is 9. The maximum absolute atomic E-state index is 13.3. The average molecular weight is 586 g/mol. The van der Waals surface area contributed by atoms with E-state index in [2.05, 4.69) is 34.1 Å². The van der Waals surface area contributed by atoms with Crippen LogP contribution in [0, 0.1) is 23.0 Å². The van der Waals surface area contributed by atoms with Crippen LogP contribution in [0.3, 0.4) is 0 Å². The van der Waals surface area contributed by atoms with Gasteiger partial charge in [0.25, 0.3) is 21.6 Å². The van der Waals surface area contributed by atoms with Crippen molar-refractivity contribution in [2.75, 3.05) is 18.0 Å². The Balaban J connectivity index is 1.38. The molecule has 1 amide bonds. The lowest BCUT2D eigenvalue weighted by Gasteiger charge is -2.32. The minimum atomic E-state index is -4.39. The summed E-state index contributed by atoms with van der Waals surface area (Å²) >= 11 is 0. The molecule has 1 N–H and O–H groups in total. The number of carbonyl (C=O) groups excluding carboxylic acids is 1. The quantitative estimate of drug-likeness (QED) is 0.217. The van der Waals surface area contributed by atoms with E-state index in [-0.39, 0.29) is 10.5 Å². The third kappa shape index (κ3) is 6.98. The molecule has 1 saturated heterocycles. The highest BCUT2D eigenvalue weighted by Crippen LogP contribution is 2.25. The molecular weight excluding hydrogens is 554 g/mol. The van der Waals surface area contributed by atoms with Gasteiger partial charge in [-0.3, -0.25) is 14.9 Å². The molecule has 1 fully saturated rings. The zero-order valence-corrected chi connectivity index (χ0v) is 24.0. The van der Waals surface area contributed by atoms with Crippen LogP contribution < -0.4 is 9.62 Å². The van der Waals surface area contributed by atoms with Crippen LogP contribution in [0.1, 0.15) is 45.6 Å². The van der Waals surface area contributed by atoms with Crippen LogP contribution in [0.5, 0.6) is 0 Å². The Bertz CT molecular complexity index is 1700. The summed E-state index contributed by atoms with van der Waals surface area (Å²) in [5.74, 6) is 0.144. The van der Waals surface area contributed by atoms with E-state index < -0.39 is 26.5 Å². The number of nitrogens with zero attached hydrogens (tertiary/aromatic N) is 4. The monoisotopic (exact) mass is 585 g/mol. The standard InChI is InChI=1S/C31H31N5O5S/c1-22-7-5-10-25(17-22)19-29-28(30(37)34-42(40,41)27-12-6-11-26(20-27)36(38)39)21-32-31(33-29)35-15-13-24(14-16-35)18-23-8-3-2-4-9-23/h2-12,17,20-21,24H,13-16,18-19H2,1H3,(H,34,37). The van der Waals surface area contributed by atoms with Gasteiger partial charge in [0.2, 0.25) is 5.95 Å². The number of amides is 1. The van der Waals surface area contributed by atoms with Crippen LogP contribution in [0.4, 0.5) is 11.6 Å². The van der Waals surface area contributed by atoms with Gasteiger partial charge in [0.1, 0.15) is 0 Å². The number of sulfonamides is 1. The van der Waals surface area contributed by atoms with Crippen LogP contribution in [-0.4, -0.2) is 42.3 Å². The zero-order valence-electron chi connectivity index (χ0n) is 23.1. The normalized spacial score (nSPS) is 14.0. The molecule has 0 bridgehead atoms. The second-order valence-electron chi connectivity index (χ2n) is 10.5. The third-order valence-electron chi connectivity index (χ3n) is 7.38. The van der Waals surface area contributed by atoms with E-state index in [4.69, 9.17) is 4.98 Å². The van der Waals surface area contributed by atoms with E-state index in [1.165, 1.54) is 30.0 Å². The number of aryl methyl sites for hydroxylation is 1. The largest absolute Gasteiger partial charge is 0.341 e. The first-order chi connectivity index (χ1) is 20.2. The van der Waals surface area contributed by atoms with Crippen LogP contribution in [0.15, 0.2) is 90.0 Å². The minimum absolute atomic E-state index is 0.0215. The Morgan fingerprint density at radius 1 is 1.00 bits per heavy atom. The Hall–Kier alpha value is -4.64. The fraction of sp³-hybridized carbons (Fsp3) is 0.258. The smallest absolute Gasteiger partial charge is 0.270 e. The molecule has 3 aromatic carbocycles. The molecule has 1 aliphatic rings. The number of nitro groups is 1. The molecule has 4 aromatic rings. The Morgan fingerprint density at radius 3 is 2.43 bits per heavy atom. The van der Waals surface area contributed by atoms with Gasteiger partial charge in [0.15, 0.2) is 0 Å². The average Bonchev–Trinajstić information content (AvgIpc) is 2.98. The van der Waals surface area contributed by atoms with Crippen molar-refractivity contribution in [3.63, 3.8) is 0 Å². The van der Waals surface area contributed by atoms with Crippen molar-refractivity contribution in [3.05, 3.63) is 123 Å². The highest BCUT2D eigenvalue weighted by Gasteiger charge is 2.26. The van der Waals surface area contributed by atoms with E-state index in [0.717, 1.165) is 49.5 Å². The Morgan fingerprint density at radius 2 is 1.71 bits per heavy atom. The summed E-state index contributed by atoms with van der Waals surface area (Å²) in [6, 6.07) is 22.7. The van der Waals surface area contributed by atoms with Gasteiger partial charge in [-0.2, -0.15) is 0 Å². The van der Waals surface area contributed by atoms with E-state index in [1.54, 1.807) is 0 Å². The molecule has 0 aliphatic carbocycles. The summed E-state index contributed by atoms with van der Waals surface area (Å²) in [4.78, 5) is 34.7. The molecule has 0 atom stereocenters. The second-order valence-corrected chi connectivity index (χ2v) is 12.2. The molecule has 5 rings (SSSR count). The first-order valence-electron chi connectivity index (χ1n) is 13.7. The summed E-state index contributed by atoms with van der Waals surface area (Å²) in [7, 11) is -4.39. The van der Waals surface area contributed by atoms with Gasteiger partial charge >= 0.3 is 0 Å². The van der Waals surface area contributed by atoms with E-state index in [0.29, 0.717) is 24.0 Å². The van der Waals surface area contributed by atoms with Crippen molar-refractivity contribution in [2.24, 2.45) is 5.92 Å². The van der Waals surface area contributed by atoms with Gasteiger partial charge in [-0.25, -0.2) is 23.1 Å². The predicted molar refractivity (Wildman–Crippen MR) is 159 cm³/mol. The lowest BCUT2D eigenvalue weighted by atomic mass is 9.90. The number of aromatic nitrogens is 2. The van der Waals surface area contributed by atoms with Gasteiger partial charge in [-0.1, -0.05) is 66.2 Å². The SMILES string of the molecule is Cc1cccc(Cc2nc(N3CCC(Cc4ccccc4)CC3)ncc2C(=O)NS(=O)(=O)c2cccc([N+](=O)[O-])c2)c1. The number of benzene rings is 3. The summed E-state index contributed by atoms with van der Waals surface area (Å²) < 4.78 is 28.0. The maximum atomic E-state index is 13.3. The van der Waals surface area contributed by atoms with Gasteiger partial charge in [-0.15, -0.1) is 0 Å². The number of anilines is 1. The first kappa shape index (κ1) is 28.9. The molecule has 0 unspecified atom stereocenters. The lowest BCUT2D eigenvalue weighted by molar-refractivity contribution is -0.385. The molecule has 42 heavy (non-hydrogen) atoms. The molecular formula is C31H31N5O5S. The van der Waals surface area contributed by atoms with E-state index in [1.807, 2.05) is 42.0 Å². The highest BCUT2D eigenvalue weighted by atomic mass is 32.2. The fourth-order valence-corrected chi connectivity index (χ4v) is 6.19. The lowest BCUT2D eigenvalue weighted by Crippen LogP contribution is -2.36. The molecule has 216 valence electrons. The molecule has 1 aromatic heterocycles. The zero-order chi connectivity index (χ0) is 29.7. The number of non-ortho nitro benzene ring substituents is 1. The molecule has 0 saturated carbocycles. The van der Waals surface area contributed by atoms with E-state index in [9.17, 15) is 23.3 Å². The van der Waals surface area contributed by atoms with Crippen molar-refractivity contribution in [2.45, 2.75) is 37.5 Å². The summed E-state index contributed by atoms with van der Waals surface area (Å²) in [5.41, 5.74) is 3.30. The molecule has 0 radical (unpaired) electrons. The number of piperidine rings is 1. The van der Waals surface area contributed by atoms with Crippen molar-refractivity contribution >= 4 is 27.6 Å². The number of nitro benzene ring substituents is 1. The van der Waals surface area contributed by atoms with Crippen LogP contribution in [0.25, 0.3) is 0 Å². The third-order valence-corrected chi connectivity index (χ3v) is 8.71. The van der Waals surface area contributed by atoms with Gasteiger partial charge in [-0.05, 0) is 49.3 Å². The van der Waals surface area contributed by atoms with Crippen molar-refractivity contribution in [1.29, 1.82) is 0 Å². The van der Waals surface area contributed by atoms with Crippen LogP contribution in [0.2, 0.25) is 0 Å². The van der Waals surface area contributed by atoms with Crippen LogP contribution >= 0.6 is 0 Å². The fourth-order valence-electron chi connectivity index (χ4n) is 5.18. The topological polar surface area (TPSA) is 135 Å². The minimum Gasteiger partial charge on any atom is -0.341 e. The number of nitrogens with one attached hydrogen (secondary N) is 1. The van der Waals surface area contributed by atoms with Gasteiger partial charge in [0.05, 0.1) is 21.1 Å². The van der Waals surface area contributed by atoms with E-state index >= 15 is 0 Å². The van der Waals surface area contributed by atoms with Crippen molar-refractivity contribution in [3.8, 4) is 0 Å². The summed E-state index contributed by atoms with van der Waals surface area (Å²) in [6.07, 6.45) is 4.64. The number of hydrogen-bond acceptors (Lipinski definition) is 8. The second kappa shape index (κ2) is 12.5. The molecule has 1 aliphatic heterocycles. The van der Waals surface area contributed by atoms with Gasteiger partial charge < -0.3 is 4.90 Å². The van der Waals surface area contributed by atoms with Crippen molar-refractivity contribution < 1.29 is 18.1 Å². The van der Waals surface area contributed by atoms with Gasteiger partial charge in [0, 0.05) is 37.8 Å². The summed E-state index contributed by atoms with van der Waals surface area (Å²) in [6.45, 7) is 3.51. The molecule has 10 nitrogen and oxygen atoms in total. The Kier molecular flexibility index (Phi) is 8.58. The molecule has 0 spiro atoms. The maximum Gasteiger partial charge on any atom is 0.270 e. The van der Waals surface area contributed by atoms with Crippen LogP contribution in [-0.2, 0) is 22.9 Å². The number of carbonyl (C=O) groups is 1. The molecule has 11 heteroatoms. The first-order valence-corrected chi connectivity index (χ1v) is 15.2. The Labute approximate surface area is 244 Å². The number of hydrogen-bond donors (Lipinski definition) is 1. The summed E-state index contributed by atoms with van der Waals surface area (Å²) in [5, 5.41) is 11.1. The molecule has 2 heterocycles. The van der Waals surface area contributed by atoms with Crippen molar-refractivity contribution in [1.82, 2.24) is 14.7 Å². The highest BCUT2D eigenvalue weighted by molar-refractivity contribution is 7.90.